The fourth-order valence-electron chi connectivity index (χ4n) is 3.51. The monoisotopic (exact) mass is 334 g/mol. The van der Waals surface area contributed by atoms with Gasteiger partial charge in [0.05, 0.1) is 13.2 Å². The number of hydrogen-bond acceptors (Lipinski definition) is 4. The van der Waals surface area contributed by atoms with Crippen molar-refractivity contribution in [1.29, 1.82) is 0 Å². The summed E-state index contributed by atoms with van der Waals surface area (Å²) < 4.78 is 11.3. The van der Waals surface area contributed by atoms with E-state index in [4.69, 9.17) is 9.47 Å². The predicted molar refractivity (Wildman–Crippen MR) is 89.8 cm³/mol. The summed E-state index contributed by atoms with van der Waals surface area (Å²) in [5.41, 5.74) is 1.26. The summed E-state index contributed by atoms with van der Waals surface area (Å²) in [5, 5.41) is 9.61. The van der Waals surface area contributed by atoms with Crippen molar-refractivity contribution in [3.8, 4) is 0 Å². The van der Waals surface area contributed by atoms with Gasteiger partial charge in [-0.05, 0) is 25.8 Å². The number of rotatable bonds is 5. The average Bonchev–Trinajstić information content (AvgIpc) is 3.12. The molecule has 24 heavy (non-hydrogen) atoms. The number of amides is 1. The predicted octanol–water partition coefficient (Wildman–Crippen LogP) is 2.39. The Morgan fingerprint density at radius 3 is 2.75 bits per heavy atom. The highest BCUT2D eigenvalue weighted by molar-refractivity contribution is 5.65. The van der Waals surface area contributed by atoms with Crippen LogP contribution in [0.3, 0.4) is 0 Å². The van der Waals surface area contributed by atoms with Crippen LogP contribution in [0, 0.1) is 0 Å². The molecule has 1 N–H and O–H groups in total. The van der Waals surface area contributed by atoms with E-state index in [0.29, 0.717) is 13.2 Å². The van der Waals surface area contributed by atoms with E-state index in [0.717, 1.165) is 26.1 Å². The smallest absolute Gasteiger partial charge is 0.407 e. The number of benzene rings is 1. The number of ether oxygens (including phenoxy) is 2. The Bertz CT molecular complexity index is 563. The molecule has 0 aromatic heterocycles. The topological polar surface area (TPSA) is 62.2 Å². The minimum atomic E-state index is -0.880. The van der Waals surface area contributed by atoms with Crippen LogP contribution in [0.4, 0.5) is 4.79 Å². The number of carboxylic acid groups (broad SMARTS) is 1. The summed E-state index contributed by atoms with van der Waals surface area (Å²) in [6.45, 7) is 7.06. The molecule has 0 bridgehead atoms. The third kappa shape index (κ3) is 4.26. The highest BCUT2D eigenvalue weighted by Gasteiger charge is 2.37. The van der Waals surface area contributed by atoms with Crippen molar-refractivity contribution in [2.75, 3.05) is 26.2 Å². The Labute approximate surface area is 143 Å². The SMILES string of the molecule is CC1(C)OC[C@H](CN(C(=O)O)[C@H]2CCN(Cc3ccccc3)C2)O1. The van der Waals surface area contributed by atoms with Crippen molar-refractivity contribution < 1.29 is 19.4 Å². The normalized spacial score (nSPS) is 26.6. The van der Waals surface area contributed by atoms with E-state index in [2.05, 4.69) is 17.0 Å². The first kappa shape index (κ1) is 17.2. The summed E-state index contributed by atoms with van der Waals surface area (Å²) in [6, 6.07) is 10.3. The number of nitrogens with zero attached hydrogens (tertiary/aromatic N) is 2. The van der Waals surface area contributed by atoms with E-state index in [1.807, 2.05) is 32.0 Å². The maximum atomic E-state index is 11.7. The second-order valence-electron chi connectivity index (χ2n) is 7.05. The van der Waals surface area contributed by atoms with Crippen LogP contribution in [-0.4, -0.2) is 65.2 Å². The minimum Gasteiger partial charge on any atom is -0.465 e. The molecule has 1 aromatic carbocycles. The van der Waals surface area contributed by atoms with Gasteiger partial charge in [0.1, 0.15) is 6.10 Å². The second kappa shape index (κ2) is 7.09. The first-order chi connectivity index (χ1) is 11.4. The van der Waals surface area contributed by atoms with E-state index >= 15 is 0 Å². The lowest BCUT2D eigenvalue weighted by Gasteiger charge is -2.28. The summed E-state index contributed by atoms with van der Waals surface area (Å²) in [5.74, 6) is -0.621. The quantitative estimate of drug-likeness (QED) is 0.896. The zero-order valence-electron chi connectivity index (χ0n) is 14.4. The molecule has 3 rings (SSSR count). The standard InChI is InChI=1S/C18H26N2O4/c1-18(2)23-13-16(24-18)12-20(17(21)22)15-8-9-19(11-15)10-14-6-4-3-5-7-14/h3-7,15-16H,8-13H2,1-2H3,(H,21,22)/t15-,16-/m0/s1. The van der Waals surface area contributed by atoms with E-state index in [1.165, 1.54) is 10.5 Å². The molecule has 2 aliphatic heterocycles. The maximum absolute atomic E-state index is 11.7. The fraction of sp³-hybridized carbons (Fsp3) is 0.611. The minimum absolute atomic E-state index is 0.0125. The zero-order chi connectivity index (χ0) is 17.2. The largest absolute Gasteiger partial charge is 0.465 e. The van der Waals surface area contributed by atoms with Crippen molar-refractivity contribution in [2.45, 2.75) is 44.7 Å². The third-order valence-corrected chi connectivity index (χ3v) is 4.65. The van der Waals surface area contributed by atoms with Crippen molar-refractivity contribution in [3.63, 3.8) is 0 Å². The highest BCUT2D eigenvalue weighted by Crippen LogP contribution is 2.25. The van der Waals surface area contributed by atoms with Crippen LogP contribution in [-0.2, 0) is 16.0 Å². The van der Waals surface area contributed by atoms with E-state index < -0.39 is 11.9 Å². The van der Waals surface area contributed by atoms with Crippen LogP contribution in [0.25, 0.3) is 0 Å². The molecule has 132 valence electrons. The van der Waals surface area contributed by atoms with Gasteiger partial charge in [0.15, 0.2) is 5.79 Å². The van der Waals surface area contributed by atoms with Gasteiger partial charge in [-0.25, -0.2) is 4.79 Å². The first-order valence-electron chi connectivity index (χ1n) is 8.50. The van der Waals surface area contributed by atoms with E-state index in [1.54, 1.807) is 0 Å². The first-order valence-corrected chi connectivity index (χ1v) is 8.50. The average molecular weight is 334 g/mol. The lowest BCUT2D eigenvalue weighted by atomic mass is 10.2. The summed E-state index contributed by atoms with van der Waals surface area (Å²) in [4.78, 5) is 15.6. The van der Waals surface area contributed by atoms with Crippen molar-refractivity contribution in [1.82, 2.24) is 9.80 Å². The van der Waals surface area contributed by atoms with Crippen molar-refractivity contribution >= 4 is 6.09 Å². The van der Waals surface area contributed by atoms with Crippen molar-refractivity contribution in [2.24, 2.45) is 0 Å². The number of carbonyl (C=O) groups is 1. The van der Waals surface area contributed by atoms with Crippen LogP contribution in [0.15, 0.2) is 30.3 Å². The molecule has 1 amide bonds. The van der Waals surface area contributed by atoms with Gasteiger partial charge in [-0.2, -0.15) is 0 Å². The number of likely N-dealkylation sites (tertiary alicyclic amines) is 1. The molecule has 0 unspecified atom stereocenters. The molecular formula is C18H26N2O4. The Hall–Kier alpha value is -1.63. The Kier molecular flexibility index (Phi) is 5.08. The Morgan fingerprint density at radius 2 is 2.12 bits per heavy atom. The maximum Gasteiger partial charge on any atom is 0.407 e. The summed E-state index contributed by atoms with van der Waals surface area (Å²) >= 11 is 0. The fourth-order valence-corrected chi connectivity index (χ4v) is 3.51. The van der Waals surface area contributed by atoms with Gasteiger partial charge < -0.3 is 19.5 Å². The van der Waals surface area contributed by atoms with Gasteiger partial charge >= 0.3 is 6.09 Å². The van der Waals surface area contributed by atoms with Gasteiger partial charge in [0.25, 0.3) is 0 Å². The molecule has 2 aliphatic rings. The molecular weight excluding hydrogens is 308 g/mol. The van der Waals surface area contributed by atoms with Gasteiger partial charge in [0, 0.05) is 25.7 Å². The Morgan fingerprint density at radius 1 is 1.38 bits per heavy atom. The van der Waals surface area contributed by atoms with Crippen LogP contribution >= 0.6 is 0 Å². The summed E-state index contributed by atoms with van der Waals surface area (Å²) in [6.07, 6.45) is -0.218. The van der Waals surface area contributed by atoms with E-state index in [9.17, 15) is 9.90 Å². The Balaban J connectivity index is 1.56. The van der Waals surface area contributed by atoms with Crippen LogP contribution in [0.1, 0.15) is 25.8 Å². The molecule has 2 heterocycles. The van der Waals surface area contributed by atoms with E-state index in [-0.39, 0.29) is 12.1 Å². The molecule has 0 aliphatic carbocycles. The molecule has 2 saturated heterocycles. The number of hydrogen-bond donors (Lipinski definition) is 1. The molecule has 1 aromatic rings. The van der Waals surface area contributed by atoms with Gasteiger partial charge in [-0.3, -0.25) is 4.90 Å². The summed E-state index contributed by atoms with van der Waals surface area (Å²) in [7, 11) is 0. The van der Waals surface area contributed by atoms with Crippen molar-refractivity contribution in [3.05, 3.63) is 35.9 Å². The molecule has 0 saturated carbocycles. The molecule has 0 radical (unpaired) electrons. The van der Waals surface area contributed by atoms with Gasteiger partial charge in [-0.15, -0.1) is 0 Å². The van der Waals surface area contributed by atoms with Gasteiger partial charge in [0.2, 0.25) is 0 Å². The lowest BCUT2D eigenvalue weighted by molar-refractivity contribution is -0.140. The molecule has 6 heteroatoms. The molecule has 6 nitrogen and oxygen atoms in total. The zero-order valence-corrected chi connectivity index (χ0v) is 14.4. The van der Waals surface area contributed by atoms with Crippen LogP contribution in [0.5, 0.6) is 0 Å². The van der Waals surface area contributed by atoms with Crippen LogP contribution < -0.4 is 0 Å². The molecule has 0 spiro atoms. The molecule has 2 fully saturated rings. The second-order valence-corrected chi connectivity index (χ2v) is 7.05. The molecule has 2 atom stereocenters. The van der Waals surface area contributed by atoms with Crippen LogP contribution in [0.2, 0.25) is 0 Å². The highest BCUT2D eigenvalue weighted by atomic mass is 16.7. The lowest BCUT2D eigenvalue weighted by Crippen LogP contribution is -2.46. The third-order valence-electron chi connectivity index (χ3n) is 4.65. The van der Waals surface area contributed by atoms with Gasteiger partial charge in [-0.1, -0.05) is 30.3 Å².